The molecular formula is C34H33BrCl2N2O3. The molecule has 0 unspecified atom stereocenters. The Balaban J connectivity index is 1.44. The fourth-order valence-electron chi connectivity index (χ4n) is 5.48. The van der Waals surface area contributed by atoms with Crippen LogP contribution in [0.15, 0.2) is 89.4 Å². The highest BCUT2D eigenvalue weighted by molar-refractivity contribution is 9.10. The van der Waals surface area contributed by atoms with E-state index in [-0.39, 0.29) is 31.0 Å². The number of carbonyl (C=O) groups excluding carboxylic acids is 2. The first-order chi connectivity index (χ1) is 20.4. The number of rotatable bonds is 10. The molecule has 1 aliphatic carbocycles. The lowest BCUT2D eigenvalue weighted by molar-refractivity contribution is -0.143. The van der Waals surface area contributed by atoms with Crippen LogP contribution in [0.2, 0.25) is 10.0 Å². The number of nitrogens with one attached hydrogen (secondary N) is 1. The Hall–Kier alpha value is -3.06. The molecule has 0 aliphatic heterocycles. The molecule has 1 atom stereocenters. The van der Waals surface area contributed by atoms with Gasteiger partial charge in [-0.25, -0.2) is 0 Å². The van der Waals surface area contributed by atoms with E-state index in [9.17, 15) is 9.59 Å². The summed E-state index contributed by atoms with van der Waals surface area (Å²) < 4.78 is 6.86. The van der Waals surface area contributed by atoms with E-state index in [0.29, 0.717) is 22.2 Å². The van der Waals surface area contributed by atoms with Crippen LogP contribution in [0.4, 0.5) is 0 Å². The van der Waals surface area contributed by atoms with Gasteiger partial charge >= 0.3 is 0 Å². The Morgan fingerprint density at radius 1 is 0.881 bits per heavy atom. The number of ether oxygens (including phenoxy) is 1. The summed E-state index contributed by atoms with van der Waals surface area (Å²) in [5, 5.41) is 6.13. The average molecular weight is 668 g/mol. The van der Waals surface area contributed by atoms with Crippen molar-refractivity contribution in [3.63, 3.8) is 0 Å². The molecule has 0 bridgehead atoms. The number of carbonyl (C=O) groups is 2. The van der Waals surface area contributed by atoms with Crippen LogP contribution in [-0.2, 0) is 22.6 Å². The molecule has 0 saturated heterocycles. The third-order valence-electron chi connectivity index (χ3n) is 7.74. The third-order valence-corrected chi connectivity index (χ3v) is 9.30. The second-order valence-corrected chi connectivity index (χ2v) is 12.3. The molecule has 42 heavy (non-hydrogen) atoms. The molecule has 0 spiro atoms. The van der Waals surface area contributed by atoms with Gasteiger partial charge in [-0.15, -0.1) is 0 Å². The minimum Gasteiger partial charge on any atom is -0.483 e. The first kappa shape index (κ1) is 30.4. The molecule has 1 aliphatic rings. The lowest BCUT2D eigenvalue weighted by atomic mass is 9.94. The zero-order valence-corrected chi connectivity index (χ0v) is 26.3. The van der Waals surface area contributed by atoms with Crippen molar-refractivity contribution in [2.75, 3.05) is 6.61 Å². The van der Waals surface area contributed by atoms with E-state index in [0.717, 1.165) is 52.1 Å². The monoisotopic (exact) mass is 666 g/mol. The number of halogens is 3. The smallest absolute Gasteiger partial charge is 0.261 e. The largest absolute Gasteiger partial charge is 0.483 e. The Kier molecular flexibility index (Phi) is 10.4. The van der Waals surface area contributed by atoms with Crippen molar-refractivity contribution in [2.45, 2.75) is 57.2 Å². The Bertz CT molecular complexity index is 1540. The van der Waals surface area contributed by atoms with Crippen molar-refractivity contribution in [3.05, 3.63) is 111 Å². The van der Waals surface area contributed by atoms with Crippen LogP contribution in [0.25, 0.3) is 10.8 Å². The Labute approximate surface area is 265 Å². The summed E-state index contributed by atoms with van der Waals surface area (Å²) in [7, 11) is 0. The summed E-state index contributed by atoms with van der Waals surface area (Å²) in [5.74, 6) is 0.0923. The van der Waals surface area contributed by atoms with E-state index in [4.69, 9.17) is 27.9 Å². The summed E-state index contributed by atoms with van der Waals surface area (Å²) in [6.45, 7) is -0.0617. The van der Waals surface area contributed by atoms with Crippen LogP contribution in [0, 0.1) is 0 Å². The molecular weight excluding hydrogens is 635 g/mol. The summed E-state index contributed by atoms with van der Waals surface area (Å²) in [4.78, 5) is 29.6. The molecule has 0 aromatic heterocycles. The van der Waals surface area contributed by atoms with E-state index in [1.807, 2.05) is 72.8 Å². The maximum absolute atomic E-state index is 14.0. The first-order valence-corrected chi connectivity index (χ1v) is 15.8. The molecule has 0 heterocycles. The van der Waals surface area contributed by atoms with Gasteiger partial charge in [0.1, 0.15) is 11.8 Å². The number of hydrogen-bond donors (Lipinski definition) is 1. The van der Waals surface area contributed by atoms with Gasteiger partial charge in [-0.1, -0.05) is 109 Å². The van der Waals surface area contributed by atoms with Gasteiger partial charge in [-0.05, 0) is 68.9 Å². The highest BCUT2D eigenvalue weighted by Gasteiger charge is 2.32. The minimum absolute atomic E-state index is 0.108. The van der Waals surface area contributed by atoms with Crippen LogP contribution < -0.4 is 10.1 Å². The van der Waals surface area contributed by atoms with Crippen LogP contribution in [0.5, 0.6) is 5.75 Å². The zero-order valence-electron chi connectivity index (χ0n) is 23.2. The predicted molar refractivity (Wildman–Crippen MR) is 173 cm³/mol. The molecule has 2 amide bonds. The van der Waals surface area contributed by atoms with Crippen LogP contribution >= 0.6 is 39.1 Å². The lowest BCUT2D eigenvalue weighted by Crippen LogP contribution is -2.53. The summed E-state index contributed by atoms with van der Waals surface area (Å²) in [5.41, 5.74) is 1.74. The lowest BCUT2D eigenvalue weighted by Gasteiger charge is -2.33. The van der Waals surface area contributed by atoms with Gasteiger partial charge < -0.3 is 15.0 Å². The van der Waals surface area contributed by atoms with E-state index < -0.39 is 6.04 Å². The highest BCUT2D eigenvalue weighted by Crippen LogP contribution is 2.33. The number of benzene rings is 4. The molecule has 1 fully saturated rings. The van der Waals surface area contributed by atoms with Gasteiger partial charge in [0.25, 0.3) is 5.91 Å². The standard InChI is InChI=1S/C34H33BrCl2N2O3/c35-33-27-14-8-7-11-25(27)16-18-31(33)42-22-32(40)39(21-24-15-17-28(36)29(37)19-24)30(20-23-9-3-1-4-10-23)34(41)38-26-12-5-2-6-13-26/h1,3-4,7-11,14-19,26,30H,2,5-6,12-13,20-22H2,(H,38,41)/t30-/m1/s1. The van der Waals surface area contributed by atoms with E-state index in [1.165, 1.54) is 6.42 Å². The molecule has 1 saturated carbocycles. The van der Waals surface area contributed by atoms with Gasteiger partial charge in [0, 0.05) is 19.0 Å². The molecule has 8 heteroatoms. The second-order valence-electron chi connectivity index (χ2n) is 10.7. The van der Waals surface area contributed by atoms with Crippen molar-refractivity contribution >= 4 is 61.7 Å². The maximum atomic E-state index is 14.0. The van der Waals surface area contributed by atoms with E-state index in [2.05, 4.69) is 21.2 Å². The molecule has 0 radical (unpaired) electrons. The maximum Gasteiger partial charge on any atom is 0.261 e. The normalized spacial score (nSPS) is 14.4. The molecule has 4 aromatic rings. The highest BCUT2D eigenvalue weighted by atomic mass is 79.9. The van der Waals surface area contributed by atoms with Crippen molar-refractivity contribution in [1.29, 1.82) is 0 Å². The van der Waals surface area contributed by atoms with Crippen molar-refractivity contribution in [2.24, 2.45) is 0 Å². The van der Waals surface area contributed by atoms with Gasteiger partial charge in [0.2, 0.25) is 5.91 Å². The summed E-state index contributed by atoms with van der Waals surface area (Å²) in [6, 6.07) is 26.2. The fourth-order valence-corrected chi connectivity index (χ4v) is 6.41. The Morgan fingerprint density at radius 2 is 1.62 bits per heavy atom. The quantitative estimate of drug-likeness (QED) is 0.185. The van der Waals surface area contributed by atoms with E-state index >= 15 is 0 Å². The van der Waals surface area contributed by atoms with Crippen LogP contribution in [0.1, 0.15) is 43.2 Å². The first-order valence-electron chi connectivity index (χ1n) is 14.3. The second kappa shape index (κ2) is 14.4. The van der Waals surface area contributed by atoms with Crippen molar-refractivity contribution in [3.8, 4) is 5.75 Å². The third kappa shape index (κ3) is 7.66. The molecule has 5 nitrogen and oxygen atoms in total. The van der Waals surface area contributed by atoms with Gasteiger partial charge in [0.15, 0.2) is 6.61 Å². The average Bonchev–Trinajstić information content (AvgIpc) is 3.01. The molecule has 218 valence electrons. The fraction of sp³-hybridized carbons (Fsp3) is 0.294. The molecule has 5 rings (SSSR count). The SMILES string of the molecule is O=C(NC1CCCCC1)[C@@H](Cc1ccccc1)N(Cc1ccc(Cl)c(Cl)c1)C(=O)COc1ccc2ccccc2c1Br. The van der Waals surface area contributed by atoms with Crippen molar-refractivity contribution in [1.82, 2.24) is 10.2 Å². The zero-order chi connectivity index (χ0) is 29.5. The van der Waals surface area contributed by atoms with E-state index in [1.54, 1.807) is 17.0 Å². The number of amides is 2. The predicted octanol–water partition coefficient (Wildman–Crippen LogP) is 8.38. The van der Waals surface area contributed by atoms with Gasteiger partial charge in [0.05, 0.1) is 14.5 Å². The molecule has 4 aromatic carbocycles. The summed E-state index contributed by atoms with van der Waals surface area (Å²) >= 11 is 16.2. The minimum atomic E-state index is -0.750. The number of nitrogens with zero attached hydrogens (tertiary/aromatic N) is 1. The van der Waals surface area contributed by atoms with Gasteiger partial charge in [-0.3, -0.25) is 9.59 Å². The topological polar surface area (TPSA) is 58.6 Å². The van der Waals surface area contributed by atoms with Crippen LogP contribution in [0.3, 0.4) is 0 Å². The number of hydrogen-bond acceptors (Lipinski definition) is 3. The molecule has 1 N–H and O–H groups in total. The Morgan fingerprint density at radius 3 is 2.38 bits per heavy atom. The number of fused-ring (bicyclic) bond motifs is 1. The van der Waals surface area contributed by atoms with Crippen LogP contribution in [-0.4, -0.2) is 35.4 Å². The van der Waals surface area contributed by atoms with Crippen molar-refractivity contribution < 1.29 is 14.3 Å². The summed E-state index contributed by atoms with van der Waals surface area (Å²) in [6.07, 6.45) is 5.63. The van der Waals surface area contributed by atoms with Gasteiger partial charge in [-0.2, -0.15) is 0 Å².